The summed E-state index contributed by atoms with van der Waals surface area (Å²) in [6, 6.07) is 29.9. The monoisotopic (exact) mass is 593 g/mol. The van der Waals surface area contributed by atoms with Gasteiger partial charge in [-0.3, -0.25) is 9.48 Å². The molecule has 0 fully saturated rings. The molecule has 8 nitrogen and oxygen atoms in total. The second-order valence-corrected chi connectivity index (χ2v) is 11.8. The predicted molar refractivity (Wildman–Crippen MR) is 165 cm³/mol. The number of aromatic carboxylic acids is 1. The number of rotatable bonds is 10. The number of carboxylic acid groups (broad SMARTS) is 1. The number of hydrogen-bond donors (Lipinski definition) is 2. The molecule has 0 saturated heterocycles. The fourth-order valence-electron chi connectivity index (χ4n) is 5.20. The van der Waals surface area contributed by atoms with Crippen LogP contribution in [0.2, 0.25) is 0 Å². The van der Waals surface area contributed by atoms with Crippen LogP contribution in [0.3, 0.4) is 0 Å². The lowest BCUT2D eigenvalue weighted by Crippen LogP contribution is -2.30. The van der Waals surface area contributed by atoms with E-state index in [0.29, 0.717) is 41.0 Å². The summed E-state index contributed by atoms with van der Waals surface area (Å²) < 4.78 is 30.9. The molecule has 9 heteroatoms. The van der Waals surface area contributed by atoms with E-state index in [0.717, 1.165) is 17.5 Å². The average Bonchev–Trinajstić information content (AvgIpc) is 3.33. The summed E-state index contributed by atoms with van der Waals surface area (Å²) in [6.07, 6.45) is 1.23. The first kappa shape index (κ1) is 29.5. The van der Waals surface area contributed by atoms with Crippen LogP contribution < -0.4 is 4.72 Å². The van der Waals surface area contributed by atoms with Gasteiger partial charge < -0.3 is 5.11 Å². The van der Waals surface area contributed by atoms with Gasteiger partial charge in [-0.05, 0) is 54.7 Å². The molecule has 2 N–H and O–H groups in total. The molecule has 43 heavy (non-hydrogen) atoms. The minimum Gasteiger partial charge on any atom is -0.478 e. The highest BCUT2D eigenvalue weighted by atomic mass is 32.2. The van der Waals surface area contributed by atoms with Crippen LogP contribution >= 0.6 is 0 Å². The summed E-state index contributed by atoms with van der Waals surface area (Å²) in [6.45, 7) is 4.23. The minimum atomic E-state index is -4.24. The molecule has 218 valence electrons. The van der Waals surface area contributed by atoms with Crippen molar-refractivity contribution in [2.24, 2.45) is 0 Å². The third-order valence-electron chi connectivity index (χ3n) is 7.13. The van der Waals surface area contributed by atoms with Crippen molar-refractivity contribution in [1.29, 1.82) is 0 Å². The fraction of sp³-hybridized carbons (Fsp3) is 0.147. The first-order chi connectivity index (χ1) is 20.7. The molecule has 1 amide bonds. The van der Waals surface area contributed by atoms with Crippen LogP contribution in [0.15, 0.2) is 108 Å². The Morgan fingerprint density at radius 2 is 1.51 bits per heavy atom. The molecule has 0 aliphatic heterocycles. The Balaban J connectivity index is 1.65. The second kappa shape index (κ2) is 12.5. The number of benzene rings is 4. The predicted octanol–water partition coefficient (Wildman–Crippen LogP) is 6.34. The van der Waals surface area contributed by atoms with Gasteiger partial charge in [0, 0.05) is 23.2 Å². The zero-order valence-corrected chi connectivity index (χ0v) is 24.6. The minimum absolute atomic E-state index is 0.0456. The summed E-state index contributed by atoms with van der Waals surface area (Å²) in [5.41, 5.74) is 4.85. The summed E-state index contributed by atoms with van der Waals surface area (Å²) in [4.78, 5) is 25.1. The van der Waals surface area contributed by atoms with E-state index in [9.17, 15) is 23.1 Å². The molecule has 0 radical (unpaired) electrons. The van der Waals surface area contributed by atoms with Crippen LogP contribution in [0.1, 0.15) is 50.9 Å². The SMILES string of the molecule is CCCn1nc(C)c(C(=O)O)c1-c1ccc(-c2ccccc2S(=O)(=O)NC(=O)c2ccccc2)cc1Cc1ccccc1. The molecule has 5 rings (SSSR count). The molecule has 1 aromatic heterocycles. The van der Waals surface area contributed by atoms with Crippen LogP contribution in [0, 0.1) is 6.92 Å². The van der Waals surface area contributed by atoms with E-state index in [2.05, 4.69) is 9.82 Å². The number of hydrogen-bond acceptors (Lipinski definition) is 5. The van der Waals surface area contributed by atoms with Gasteiger partial charge in [-0.15, -0.1) is 0 Å². The summed E-state index contributed by atoms with van der Waals surface area (Å²) in [5, 5.41) is 14.7. The van der Waals surface area contributed by atoms with E-state index in [-0.39, 0.29) is 16.0 Å². The van der Waals surface area contributed by atoms with E-state index < -0.39 is 21.9 Å². The maximum Gasteiger partial charge on any atom is 0.339 e. The number of carbonyl (C=O) groups is 2. The van der Waals surface area contributed by atoms with Gasteiger partial charge in [-0.2, -0.15) is 5.10 Å². The van der Waals surface area contributed by atoms with Gasteiger partial charge in [-0.25, -0.2) is 17.9 Å². The molecule has 0 atom stereocenters. The summed E-state index contributed by atoms with van der Waals surface area (Å²) >= 11 is 0. The third kappa shape index (κ3) is 6.27. The van der Waals surface area contributed by atoms with Gasteiger partial charge in [0.15, 0.2) is 0 Å². The van der Waals surface area contributed by atoms with Crippen LogP contribution in [0.5, 0.6) is 0 Å². The zero-order valence-electron chi connectivity index (χ0n) is 23.8. The summed E-state index contributed by atoms with van der Waals surface area (Å²) in [5.74, 6) is -1.79. The first-order valence-electron chi connectivity index (χ1n) is 13.9. The van der Waals surface area contributed by atoms with Gasteiger partial charge in [0.25, 0.3) is 15.9 Å². The van der Waals surface area contributed by atoms with Crippen molar-refractivity contribution in [2.45, 2.75) is 38.1 Å². The largest absolute Gasteiger partial charge is 0.478 e. The van der Waals surface area contributed by atoms with Gasteiger partial charge in [0.05, 0.1) is 16.3 Å². The van der Waals surface area contributed by atoms with Gasteiger partial charge in [0.1, 0.15) is 5.56 Å². The molecule has 0 aliphatic carbocycles. The van der Waals surface area contributed by atoms with E-state index in [4.69, 9.17) is 0 Å². The molecule has 4 aromatic carbocycles. The first-order valence-corrected chi connectivity index (χ1v) is 15.4. The van der Waals surface area contributed by atoms with E-state index in [1.165, 1.54) is 6.07 Å². The Morgan fingerprint density at radius 3 is 2.19 bits per heavy atom. The normalized spacial score (nSPS) is 11.3. The van der Waals surface area contributed by atoms with Crippen LogP contribution in [-0.2, 0) is 23.0 Å². The Bertz CT molecular complexity index is 1900. The number of carbonyl (C=O) groups excluding carboxylic acids is 1. The molecule has 0 spiro atoms. The smallest absolute Gasteiger partial charge is 0.339 e. The van der Waals surface area contributed by atoms with Gasteiger partial charge in [0.2, 0.25) is 0 Å². The number of nitrogens with one attached hydrogen (secondary N) is 1. The maximum atomic E-state index is 13.5. The van der Waals surface area contributed by atoms with Gasteiger partial charge >= 0.3 is 5.97 Å². The number of aromatic nitrogens is 2. The zero-order chi connectivity index (χ0) is 30.6. The van der Waals surface area contributed by atoms with Crippen molar-refractivity contribution in [3.8, 4) is 22.4 Å². The molecule has 0 saturated carbocycles. The number of nitrogens with zero attached hydrogens (tertiary/aromatic N) is 2. The Labute approximate surface area is 250 Å². The van der Waals surface area contributed by atoms with Crippen LogP contribution in [0.4, 0.5) is 0 Å². The number of amides is 1. The molecular formula is C34H31N3O5S. The van der Waals surface area contributed by atoms with E-state index in [1.54, 1.807) is 66.2 Å². The summed E-state index contributed by atoms with van der Waals surface area (Å²) in [7, 11) is -4.24. The van der Waals surface area contributed by atoms with Crippen LogP contribution in [0.25, 0.3) is 22.4 Å². The van der Waals surface area contributed by atoms with E-state index in [1.807, 2.05) is 49.4 Å². The highest BCUT2D eigenvalue weighted by Crippen LogP contribution is 2.36. The molecule has 1 heterocycles. The average molecular weight is 594 g/mol. The molecule has 0 bridgehead atoms. The quantitative estimate of drug-likeness (QED) is 0.195. The Hall–Kier alpha value is -5.02. The maximum absolute atomic E-state index is 13.5. The standard InChI is InChI=1S/C34H31N3O5S/c1-3-20-37-32(31(34(39)40)23(2)35-37)29-19-18-26(22-27(29)21-24-12-6-4-7-13-24)28-16-10-11-17-30(28)43(41,42)36-33(38)25-14-8-5-9-15-25/h4-19,22H,3,20-21H2,1-2H3,(H,36,38)(H,39,40). The molecular weight excluding hydrogens is 562 g/mol. The number of sulfonamides is 1. The highest BCUT2D eigenvalue weighted by Gasteiger charge is 2.26. The van der Waals surface area contributed by atoms with Crippen LogP contribution in [-0.4, -0.2) is 35.2 Å². The number of carboxylic acids is 1. The van der Waals surface area contributed by atoms with Crippen molar-refractivity contribution >= 4 is 21.9 Å². The lowest BCUT2D eigenvalue weighted by molar-refractivity contribution is 0.0696. The van der Waals surface area contributed by atoms with E-state index >= 15 is 0 Å². The Morgan fingerprint density at radius 1 is 0.860 bits per heavy atom. The highest BCUT2D eigenvalue weighted by molar-refractivity contribution is 7.90. The number of aryl methyl sites for hydroxylation is 2. The third-order valence-corrected chi connectivity index (χ3v) is 8.51. The van der Waals surface area contributed by atoms with Crippen molar-refractivity contribution in [2.75, 3.05) is 0 Å². The fourth-order valence-corrected chi connectivity index (χ4v) is 6.41. The molecule has 5 aromatic rings. The van der Waals surface area contributed by atoms with Crippen molar-refractivity contribution < 1.29 is 23.1 Å². The lowest BCUT2D eigenvalue weighted by atomic mass is 9.92. The topological polar surface area (TPSA) is 118 Å². The molecule has 0 unspecified atom stereocenters. The van der Waals surface area contributed by atoms with Crippen molar-refractivity contribution in [3.05, 3.63) is 131 Å². The lowest BCUT2D eigenvalue weighted by Gasteiger charge is -2.17. The Kier molecular flexibility index (Phi) is 8.54. The second-order valence-electron chi connectivity index (χ2n) is 10.2. The molecule has 0 aliphatic rings. The van der Waals surface area contributed by atoms with Crippen molar-refractivity contribution in [1.82, 2.24) is 14.5 Å². The van der Waals surface area contributed by atoms with Crippen molar-refractivity contribution in [3.63, 3.8) is 0 Å². The van der Waals surface area contributed by atoms with Gasteiger partial charge in [-0.1, -0.05) is 91.9 Å².